The molecule has 1 aromatic rings. The van der Waals surface area contributed by atoms with Crippen LogP contribution in [0.15, 0.2) is 24.5 Å². The van der Waals surface area contributed by atoms with Crippen molar-refractivity contribution in [3.05, 3.63) is 24.5 Å². The summed E-state index contributed by atoms with van der Waals surface area (Å²) >= 11 is 0. The SMILES string of the molecule is CS(=O)(=O)N1CCO[C@@]2(CCCN(c3cccnc3)C2)C1. The Hall–Kier alpha value is -1.18. The topological polar surface area (TPSA) is 62.7 Å². The van der Waals surface area contributed by atoms with E-state index in [1.54, 1.807) is 10.5 Å². The second-order valence-corrected chi connectivity index (χ2v) is 7.85. The van der Waals surface area contributed by atoms with Gasteiger partial charge in [0.2, 0.25) is 10.0 Å². The molecule has 116 valence electrons. The third-order valence-corrected chi connectivity index (χ3v) is 5.48. The molecule has 1 aromatic heterocycles. The van der Waals surface area contributed by atoms with Gasteiger partial charge in [0.05, 0.1) is 30.3 Å². The molecule has 2 saturated heterocycles. The van der Waals surface area contributed by atoms with Gasteiger partial charge in [0.15, 0.2) is 0 Å². The summed E-state index contributed by atoms with van der Waals surface area (Å²) in [5.74, 6) is 0. The second kappa shape index (κ2) is 5.55. The van der Waals surface area contributed by atoms with Crippen LogP contribution in [0.1, 0.15) is 12.8 Å². The lowest BCUT2D eigenvalue weighted by Crippen LogP contribution is -2.60. The van der Waals surface area contributed by atoms with Crippen LogP contribution in [-0.2, 0) is 14.8 Å². The van der Waals surface area contributed by atoms with Crippen LogP contribution < -0.4 is 4.90 Å². The van der Waals surface area contributed by atoms with E-state index in [1.807, 2.05) is 18.3 Å². The molecule has 3 rings (SSSR count). The molecule has 0 bridgehead atoms. The molecule has 6 nitrogen and oxygen atoms in total. The number of aromatic nitrogens is 1. The summed E-state index contributed by atoms with van der Waals surface area (Å²) in [6, 6.07) is 3.95. The fraction of sp³-hybridized carbons (Fsp3) is 0.643. The number of anilines is 1. The number of sulfonamides is 1. The Balaban J connectivity index is 1.78. The van der Waals surface area contributed by atoms with Gasteiger partial charge in [-0.25, -0.2) is 8.42 Å². The molecule has 0 aliphatic carbocycles. The largest absolute Gasteiger partial charge is 0.370 e. The van der Waals surface area contributed by atoms with Crippen molar-refractivity contribution in [3.8, 4) is 0 Å². The molecule has 0 aromatic carbocycles. The predicted molar refractivity (Wildman–Crippen MR) is 80.8 cm³/mol. The van der Waals surface area contributed by atoms with Crippen LogP contribution in [0.4, 0.5) is 5.69 Å². The minimum Gasteiger partial charge on any atom is -0.370 e. The van der Waals surface area contributed by atoms with Crippen LogP contribution >= 0.6 is 0 Å². The third-order valence-electron chi connectivity index (χ3n) is 4.23. The Kier molecular flexibility index (Phi) is 3.90. The number of hydrogen-bond donors (Lipinski definition) is 0. The van der Waals surface area contributed by atoms with Crippen LogP contribution in [-0.4, -0.2) is 62.3 Å². The van der Waals surface area contributed by atoms with Crippen LogP contribution in [0.2, 0.25) is 0 Å². The predicted octanol–water partition coefficient (Wildman–Crippen LogP) is 0.712. The Morgan fingerprint density at radius 2 is 2.19 bits per heavy atom. The van der Waals surface area contributed by atoms with E-state index in [-0.39, 0.29) is 0 Å². The van der Waals surface area contributed by atoms with Crippen LogP contribution in [0, 0.1) is 0 Å². The zero-order valence-corrected chi connectivity index (χ0v) is 13.1. The first kappa shape index (κ1) is 14.7. The number of hydrogen-bond acceptors (Lipinski definition) is 5. The lowest BCUT2D eigenvalue weighted by atomic mass is 9.91. The molecule has 0 N–H and O–H groups in total. The number of ether oxygens (including phenoxy) is 1. The van der Waals surface area contributed by atoms with Gasteiger partial charge in [-0.1, -0.05) is 0 Å². The average molecular weight is 311 g/mol. The number of morpholine rings is 1. The second-order valence-electron chi connectivity index (χ2n) is 5.86. The maximum atomic E-state index is 11.8. The Labute approximate surface area is 125 Å². The fourth-order valence-corrected chi connectivity index (χ4v) is 4.08. The molecule has 0 unspecified atom stereocenters. The maximum Gasteiger partial charge on any atom is 0.211 e. The molecular weight excluding hydrogens is 290 g/mol. The van der Waals surface area contributed by atoms with E-state index < -0.39 is 15.6 Å². The van der Waals surface area contributed by atoms with Gasteiger partial charge >= 0.3 is 0 Å². The molecule has 1 spiro atoms. The first-order valence-electron chi connectivity index (χ1n) is 7.23. The average Bonchev–Trinajstić information content (AvgIpc) is 2.47. The monoisotopic (exact) mass is 311 g/mol. The van der Waals surface area contributed by atoms with E-state index in [0.717, 1.165) is 25.1 Å². The summed E-state index contributed by atoms with van der Waals surface area (Å²) in [5.41, 5.74) is 0.673. The zero-order valence-electron chi connectivity index (χ0n) is 12.2. The van der Waals surface area contributed by atoms with Crippen LogP contribution in [0.5, 0.6) is 0 Å². The Morgan fingerprint density at radius 3 is 2.90 bits per heavy atom. The van der Waals surface area contributed by atoms with E-state index in [0.29, 0.717) is 26.2 Å². The van der Waals surface area contributed by atoms with E-state index in [2.05, 4.69) is 9.88 Å². The van der Waals surface area contributed by atoms with Crippen molar-refractivity contribution in [2.75, 3.05) is 43.9 Å². The summed E-state index contributed by atoms with van der Waals surface area (Å²) in [4.78, 5) is 6.40. The summed E-state index contributed by atoms with van der Waals surface area (Å²) in [5, 5.41) is 0. The molecule has 7 heteroatoms. The van der Waals surface area contributed by atoms with Gasteiger partial charge in [0.25, 0.3) is 0 Å². The summed E-state index contributed by atoms with van der Waals surface area (Å²) in [7, 11) is -3.16. The molecule has 1 atom stereocenters. The molecule has 0 amide bonds. The highest BCUT2D eigenvalue weighted by Crippen LogP contribution is 2.32. The summed E-state index contributed by atoms with van der Waals surface area (Å²) in [6.45, 7) is 3.03. The number of nitrogens with zero attached hydrogens (tertiary/aromatic N) is 3. The summed E-state index contributed by atoms with van der Waals surface area (Å²) in [6.07, 6.45) is 6.76. The van der Waals surface area contributed by atoms with Gasteiger partial charge in [0, 0.05) is 32.4 Å². The standard InChI is InChI=1S/C14H21N3O3S/c1-21(18,19)17-8-9-20-14(12-17)5-3-7-16(11-14)13-4-2-6-15-10-13/h2,4,6,10H,3,5,7-9,11-12H2,1H3/t14-/m1/s1. The van der Waals surface area contributed by atoms with Gasteiger partial charge in [-0.3, -0.25) is 4.98 Å². The lowest BCUT2D eigenvalue weighted by molar-refractivity contribution is -0.0948. The lowest BCUT2D eigenvalue weighted by Gasteiger charge is -2.47. The first-order chi connectivity index (χ1) is 9.99. The minimum absolute atomic E-state index is 0.393. The maximum absolute atomic E-state index is 11.8. The molecule has 0 radical (unpaired) electrons. The fourth-order valence-electron chi connectivity index (χ4n) is 3.20. The molecule has 2 aliphatic heterocycles. The molecule has 2 aliphatic rings. The van der Waals surface area contributed by atoms with E-state index >= 15 is 0 Å². The normalized spacial score (nSPS) is 28.0. The van der Waals surface area contributed by atoms with E-state index in [9.17, 15) is 8.42 Å². The van der Waals surface area contributed by atoms with Crippen LogP contribution in [0.3, 0.4) is 0 Å². The molecule has 2 fully saturated rings. The zero-order chi connectivity index (χ0) is 14.9. The Morgan fingerprint density at radius 1 is 1.33 bits per heavy atom. The number of rotatable bonds is 2. The minimum atomic E-state index is -3.16. The highest BCUT2D eigenvalue weighted by Gasteiger charge is 2.42. The van der Waals surface area contributed by atoms with Gasteiger partial charge in [-0.15, -0.1) is 0 Å². The highest BCUT2D eigenvalue weighted by molar-refractivity contribution is 7.88. The van der Waals surface area contributed by atoms with Gasteiger partial charge in [0.1, 0.15) is 0 Å². The summed E-state index contributed by atoms with van der Waals surface area (Å²) < 4.78 is 31.2. The van der Waals surface area contributed by atoms with Crippen molar-refractivity contribution in [2.24, 2.45) is 0 Å². The van der Waals surface area contributed by atoms with E-state index in [1.165, 1.54) is 6.26 Å². The first-order valence-corrected chi connectivity index (χ1v) is 9.07. The van der Waals surface area contributed by atoms with Gasteiger partial charge < -0.3 is 9.64 Å². The van der Waals surface area contributed by atoms with Crippen molar-refractivity contribution in [1.29, 1.82) is 0 Å². The molecule has 21 heavy (non-hydrogen) atoms. The molecule has 0 saturated carbocycles. The van der Waals surface area contributed by atoms with Gasteiger partial charge in [-0.2, -0.15) is 4.31 Å². The number of pyridine rings is 1. The van der Waals surface area contributed by atoms with E-state index in [4.69, 9.17) is 4.74 Å². The van der Waals surface area contributed by atoms with Crippen molar-refractivity contribution in [3.63, 3.8) is 0 Å². The third kappa shape index (κ3) is 3.20. The van der Waals surface area contributed by atoms with Crippen LogP contribution in [0.25, 0.3) is 0 Å². The van der Waals surface area contributed by atoms with Crippen molar-refractivity contribution >= 4 is 15.7 Å². The van der Waals surface area contributed by atoms with Crippen molar-refractivity contribution in [2.45, 2.75) is 18.4 Å². The highest BCUT2D eigenvalue weighted by atomic mass is 32.2. The van der Waals surface area contributed by atoms with Crippen molar-refractivity contribution in [1.82, 2.24) is 9.29 Å². The van der Waals surface area contributed by atoms with Gasteiger partial charge in [-0.05, 0) is 25.0 Å². The smallest absolute Gasteiger partial charge is 0.211 e. The number of piperidine rings is 1. The molecular formula is C14H21N3O3S. The quantitative estimate of drug-likeness (QED) is 0.805. The molecule has 3 heterocycles. The van der Waals surface area contributed by atoms with Crippen molar-refractivity contribution < 1.29 is 13.2 Å². The Bertz CT molecular complexity index is 589.